The van der Waals surface area contributed by atoms with Gasteiger partial charge in [-0.1, -0.05) is 12.1 Å². The van der Waals surface area contributed by atoms with Crippen LogP contribution in [-0.4, -0.2) is 63.0 Å². The van der Waals surface area contributed by atoms with Gasteiger partial charge in [-0.05, 0) is 49.8 Å². The molecule has 0 aliphatic carbocycles. The molecule has 2 aliphatic rings. The van der Waals surface area contributed by atoms with Crippen LogP contribution in [0.3, 0.4) is 0 Å². The van der Waals surface area contributed by atoms with Crippen LogP contribution in [0.2, 0.25) is 0 Å². The Labute approximate surface area is 164 Å². The molecule has 1 aromatic carbocycles. The van der Waals surface area contributed by atoms with Crippen LogP contribution < -0.4 is 0 Å². The molecule has 7 heteroatoms. The first-order valence-corrected chi connectivity index (χ1v) is 10.1. The second-order valence-corrected chi connectivity index (χ2v) is 7.84. The van der Waals surface area contributed by atoms with E-state index in [4.69, 9.17) is 0 Å². The summed E-state index contributed by atoms with van der Waals surface area (Å²) in [5.41, 5.74) is 1.99. The van der Waals surface area contributed by atoms with E-state index in [1.165, 1.54) is 12.1 Å². The molecule has 2 aliphatic heterocycles. The fraction of sp³-hybridized carbons (Fsp3) is 0.524. The Morgan fingerprint density at radius 3 is 2.39 bits per heavy atom. The molecule has 1 N–H and O–H groups in total. The van der Waals surface area contributed by atoms with Gasteiger partial charge in [-0.3, -0.25) is 4.68 Å². The van der Waals surface area contributed by atoms with Gasteiger partial charge in [-0.15, -0.1) is 0 Å². The van der Waals surface area contributed by atoms with Crippen molar-refractivity contribution in [2.75, 3.05) is 26.2 Å². The number of nitrogens with zero attached hydrogens (tertiary/aromatic N) is 4. The summed E-state index contributed by atoms with van der Waals surface area (Å²) in [4.78, 5) is 15.3. The maximum Gasteiger partial charge on any atom is 0.407 e. The highest BCUT2D eigenvalue weighted by molar-refractivity contribution is 5.64. The smallest absolute Gasteiger partial charge is 0.407 e. The topological polar surface area (TPSA) is 61.6 Å². The zero-order valence-corrected chi connectivity index (χ0v) is 16.0. The van der Waals surface area contributed by atoms with Crippen LogP contribution in [-0.2, 0) is 0 Å². The fourth-order valence-corrected chi connectivity index (χ4v) is 4.48. The third-order valence-electron chi connectivity index (χ3n) is 6.14. The lowest BCUT2D eigenvalue weighted by Crippen LogP contribution is -2.42. The van der Waals surface area contributed by atoms with Crippen molar-refractivity contribution in [1.82, 2.24) is 19.6 Å². The van der Waals surface area contributed by atoms with Gasteiger partial charge < -0.3 is 14.9 Å². The summed E-state index contributed by atoms with van der Waals surface area (Å²) in [5.74, 6) is -0.228. The molecule has 0 spiro atoms. The number of benzene rings is 1. The molecule has 0 saturated carbocycles. The van der Waals surface area contributed by atoms with Crippen LogP contribution in [0.1, 0.15) is 38.1 Å². The maximum absolute atomic E-state index is 13.1. The van der Waals surface area contributed by atoms with Crippen LogP contribution >= 0.6 is 0 Å². The third-order valence-corrected chi connectivity index (χ3v) is 6.14. The second-order valence-electron chi connectivity index (χ2n) is 7.84. The minimum Gasteiger partial charge on any atom is -0.465 e. The molecule has 2 aromatic rings. The Morgan fingerprint density at radius 1 is 0.964 bits per heavy atom. The maximum atomic E-state index is 13.1. The predicted molar refractivity (Wildman–Crippen MR) is 105 cm³/mol. The Balaban J connectivity index is 1.33. The van der Waals surface area contributed by atoms with Gasteiger partial charge in [0.1, 0.15) is 5.82 Å². The van der Waals surface area contributed by atoms with Crippen molar-refractivity contribution in [2.45, 2.75) is 44.2 Å². The summed E-state index contributed by atoms with van der Waals surface area (Å²) in [7, 11) is 0. The average molecular weight is 386 g/mol. The quantitative estimate of drug-likeness (QED) is 0.870. The Bertz CT molecular complexity index is 799. The summed E-state index contributed by atoms with van der Waals surface area (Å²) < 4.78 is 15.2. The van der Waals surface area contributed by atoms with Crippen LogP contribution in [0, 0.1) is 5.82 Å². The van der Waals surface area contributed by atoms with Gasteiger partial charge in [0.15, 0.2) is 0 Å². The van der Waals surface area contributed by atoms with Crippen molar-refractivity contribution in [3.05, 3.63) is 42.5 Å². The first-order chi connectivity index (χ1) is 13.6. The van der Waals surface area contributed by atoms with E-state index in [0.717, 1.165) is 56.3 Å². The monoisotopic (exact) mass is 386 g/mol. The van der Waals surface area contributed by atoms with Gasteiger partial charge in [0.25, 0.3) is 0 Å². The number of likely N-dealkylation sites (tertiary alicyclic amines) is 2. The number of halogens is 1. The van der Waals surface area contributed by atoms with Crippen molar-refractivity contribution in [1.29, 1.82) is 0 Å². The lowest BCUT2D eigenvalue weighted by Gasteiger charge is -2.37. The van der Waals surface area contributed by atoms with E-state index in [2.05, 4.69) is 20.9 Å². The summed E-state index contributed by atoms with van der Waals surface area (Å²) in [6, 6.07) is 7.38. The SMILES string of the molecule is O=C(O)N1CCCC(N2CCC(n3cc(-c4ccc(F)cc4)cn3)CC2)CC1. The van der Waals surface area contributed by atoms with Gasteiger partial charge in [0.05, 0.1) is 12.2 Å². The minimum atomic E-state index is -0.796. The molecule has 0 radical (unpaired) electrons. The molecule has 0 bridgehead atoms. The summed E-state index contributed by atoms with van der Waals surface area (Å²) >= 11 is 0. The van der Waals surface area contributed by atoms with Crippen molar-refractivity contribution in [2.24, 2.45) is 0 Å². The van der Waals surface area contributed by atoms with Gasteiger partial charge in [-0.2, -0.15) is 5.10 Å². The van der Waals surface area contributed by atoms with Crippen molar-refractivity contribution >= 4 is 6.09 Å². The molecule has 4 rings (SSSR count). The average Bonchev–Trinajstić information content (AvgIpc) is 3.06. The molecule has 6 nitrogen and oxygen atoms in total. The van der Waals surface area contributed by atoms with Crippen LogP contribution in [0.4, 0.5) is 9.18 Å². The molecule has 3 heterocycles. The highest BCUT2D eigenvalue weighted by Crippen LogP contribution is 2.28. The Kier molecular flexibility index (Phi) is 5.62. The van der Waals surface area contributed by atoms with Gasteiger partial charge in [-0.25, -0.2) is 9.18 Å². The third kappa shape index (κ3) is 4.19. The standard InChI is InChI=1S/C21H27FN4O2/c22-18-5-3-16(4-6-18)17-14-23-26(15-17)20-8-11-24(12-9-20)19-2-1-10-25(13-7-19)21(27)28/h3-6,14-15,19-20H,1-2,7-13H2,(H,27,28). The molecular formula is C21H27FN4O2. The normalized spacial score (nSPS) is 22.2. The predicted octanol–water partition coefficient (Wildman–Crippen LogP) is 3.86. The van der Waals surface area contributed by atoms with Crippen LogP contribution in [0.5, 0.6) is 0 Å². The summed E-state index contributed by atoms with van der Waals surface area (Å²) in [5, 5.41) is 13.8. The van der Waals surface area contributed by atoms with Crippen molar-refractivity contribution < 1.29 is 14.3 Å². The van der Waals surface area contributed by atoms with E-state index in [-0.39, 0.29) is 5.82 Å². The number of aromatic nitrogens is 2. The van der Waals surface area contributed by atoms with Crippen molar-refractivity contribution in [3.63, 3.8) is 0 Å². The molecule has 1 aromatic heterocycles. The van der Waals surface area contributed by atoms with Gasteiger partial charge in [0, 0.05) is 44.0 Å². The van der Waals surface area contributed by atoms with E-state index < -0.39 is 6.09 Å². The van der Waals surface area contributed by atoms with Crippen LogP contribution in [0.25, 0.3) is 11.1 Å². The van der Waals surface area contributed by atoms with E-state index >= 15 is 0 Å². The number of piperidine rings is 1. The first-order valence-electron chi connectivity index (χ1n) is 10.1. The molecule has 1 atom stereocenters. The zero-order chi connectivity index (χ0) is 19.5. The molecule has 150 valence electrons. The lowest BCUT2D eigenvalue weighted by atomic mass is 10.00. The summed E-state index contributed by atoms with van der Waals surface area (Å²) in [6.45, 7) is 3.34. The molecule has 28 heavy (non-hydrogen) atoms. The first kappa shape index (κ1) is 18.9. The van der Waals surface area contributed by atoms with E-state index in [1.807, 2.05) is 6.20 Å². The van der Waals surface area contributed by atoms with Gasteiger partial charge in [0.2, 0.25) is 0 Å². The molecule has 1 amide bonds. The van der Waals surface area contributed by atoms with E-state index in [1.54, 1.807) is 17.0 Å². The number of hydrogen-bond donors (Lipinski definition) is 1. The number of amides is 1. The number of hydrogen-bond acceptors (Lipinski definition) is 3. The highest BCUT2D eigenvalue weighted by atomic mass is 19.1. The number of carboxylic acid groups (broad SMARTS) is 1. The zero-order valence-electron chi connectivity index (χ0n) is 16.0. The molecule has 2 saturated heterocycles. The lowest BCUT2D eigenvalue weighted by molar-refractivity contribution is 0.117. The second kappa shape index (κ2) is 8.31. The van der Waals surface area contributed by atoms with Crippen LogP contribution in [0.15, 0.2) is 36.7 Å². The number of rotatable bonds is 3. The molecule has 2 fully saturated rings. The van der Waals surface area contributed by atoms with Gasteiger partial charge >= 0.3 is 6.09 Å². The van der Waals surface area contributed by atoms with E-state index in [9.17, 15) is 14.3 Å². The Hall–Kier alpha value is -2.41. The fourth-order valence-electron chi connectivity index (χ4n) is 4.48. The van der Waals surface area contributed by atoms with Crippen molar-refractivity contribution in [3.8, 4) is 11.1 Å². The largest absolute Gasteiger partial charge is 0.465 e. The molecule has 1 unspecified atom stereocenters. The van der Waals surface area contributed by atoms with E-state index in [0.29, 0.717) is 25.2 Å². The number of carbonyl (C=O) groups is 1. The molecular weight excluding hydrogens is 359 g/mol. The highest BCUT2D eigenvalue weighted by Gasteiger charge is 2.28. The minimum absolute atomic E-state index is 0.228. The summed E-state index contributed by atoms with van der Waals surface area (Å²) in [6.07, 6.45) is 8.15. The Morgan fingerprint density at radius 2 is 1.68 bits per heavy atom.